The van der Waals surface area contributed by atoms with E-state index >= 15 is 0 Å². The van der Waals surface area contributed by atoms with Crippen molar-refractivity contribution in [2.45, 2.75) is 25.7 Å². The van der Waals surface area contributed by atoms with Gasteiger partial charge < -0.3 is 25.0 Å². The summed E-state index contributed by atoms with van der Waals surface area (Å²) in [6.07, 6.45) is 4.75. The van der Waals surface area contributed by atoms with Crippen LogP contribution in [0.5, 0.6) is 0 Å². The van der Waals surface area contributed by atoms with Crippen LogP contribution >= 0.6 is 0 Å². The lowest BCUT2D eigenvalue weighted by Crippen LogP contribution is -2.47. The predicted molar refractivity (Wildman–Crippen MR) is 91.7 cm³/mol. The van der Waals surface area contributed by atoms with Crippen molar-refractivity contribution < 1.29 is 14.3 Å². The van der Waals surface area contributed by atoms with E-state index in [1.807, 2.05) is 0 Å². The summed E-state index contributed by atoms with van der Waals surface area (Å²) in [5, 5.41) is 6.59. The Hall–Kier alpha value is -1.34. The zero-order valence-corrected chi connectivity index (χ0v) is 15.0. The SMILES string of the molecule is COCCNC(=NCC(=O)N(C)C)NCC1(CCOC)CCC1. The summed E-state index contributed by atoms with van der Waals surface area (Å²) in [6, 6.07) is 0. The number of carbonyl (C=O) groups is 1. The molecule has 1 amide bonds. The molecule has 7 nitrogen and oxygen atoms in total. The maximum atomic E-state index is 11.7. The zero-order chi connectivity index (χ0) is 17.1. The molecule has 0 aromatic carbocycles. The minimum Gasteiger partial charge on any atom is -0.385 e. The molecule has 0 unspecified atom stereocenters. The molecule has 1 fully saturated rings. The summed E-state index contributed by atoms with van der Waals surface area (Å²) in [7, 11) is 6.87. The lowest BCUT2D eigenvalue weighted by Gasteiger charge is -2.42. The number of nitrogens with one attached hydrogen (secondary N) is 2. The smallest absolute Gasteiger partial charge is 0.243 e. The van der Waals surface area contributed by atoms with Gasteiger partial charge in [0.25, 0.3) is 0 Å². The quantitative estimate of drug-likeness (QED) is 0.346. The van der Waals surface area contributed by atoms with Gasteiger partial charge in [-0.1, -0.05) is 6.42 Å². The van der Waals surface area contributed by atoms with Crippen molar-refractivity contribution in [3.63, 3.8) is 0 Å². The molecule has 0 spiro atoms. The summed E-state index contributed by atoms with van der Waals surface area (Å²) in [5.74, 6) is 0.650. The Balaban J connectivity index is 2.53. The number of methoxy groups -OCH3 is 2. The van der Waals surface area contributed by atoms with E-state index < -0.39 is 0 Å². The molecule has 1 aliphatic rings. The van der Waals surface area contributed by atoms with Crippen molar-refractivity contribution in [2.75, 3.05) is 61.2 Å². The molecule has 134 valence electrons. The fourth-order valence-electron chi connectivity index (χ4n) is 2.52. The molecule has 0 heterocycles. The Kier molecular flexibility index (Phi) is 8.94. The van der Waals surface area contributed by atoms with E-state index in [-0.39, 0.29) is 12.5 Å². The standard InChI is InChI=1S/C16H32N4O3/c1-20(2)14(21)12-18-15(17-9-11-23-4)19-13-16(6-5-7-16)8-10-22-3/h5-13H2,1-4H3,(H2,17,18,19). The van der Waals surface area contributed by atoms with Crippen molar-refractivity contribution in [3.8, 4) is 0 Å². The molecule has 0 radical (unpaired) electrons. The van der Waals surface area contributed by atoms with Gasteiger partial charge in [0.05, 0.1) is 6.61 Å². The van der Waals surface area contributed by atoms with E-state index in [1.165, 1.54) is 19.3 Å². The lowest BCUT2D eigenvalue weighted by molar-refractivity contribution is -0.127. The Morgan fingerprint density at radius 2 is 1.87 bits per heavy atom. The minimum absolute atomic E-state index is 0.0180. The van der Waals surface area contributed by atoms with Crippen molar-refractivity contribution >= 4 is 11.9 Å². The van der Waals surface area contributed by atoms with Crippen LogP contribution in [0.15, 0.2) is 4.99 Å². The fourth-order valence-corrected chi connectivity index (χ4v) is 2.52. The summed E-state index contributed by atoms with van der Waals surface area (Å²) >= 11 is 0. The average Bonchev–Trinajstić information content (AvgIpc) is 2.50. The van der Waals surface area contributed by atoms with Gasteiger partial charge in [-0.15, -0.1) is 0 Å². The first kappa shape index (κ1) is 19.7. The van der Waals surface area contributed by atoms with Gasteiger partial charge in [0, 0.05) is 48.0 Å². The highest BCUT2D eigenvalue weighted by molar-refractivity contribution is 5.84. The van der Waals surface area contributed by atoms with E-state index in [2.05, 4.69) is 15.6 Å². The minimum atomic E-state index is -0.0180. The highest BCUT2D eigenvalue weighted by atomic mass is 16.5. The molecule has 1 rings (SSSR count). The van der Waals surface area contributed by atoms with E-state index in [0.717, 1.165) is 19.6 Å². The summed E-state index contributed by atoms with van der Waals surface area (Å²) in [6.45, 7) is 3.02. The largest absolute Gasteiger partial charge is 0.385 e. The molecule has 2 N–H and O–H groups in total. The van der Waals surface area contributed by atoms with Gasteiger partial charge in [0.15, 0.2) is 5.96 Å². The zero-order valence-electron chi connectivity index (χ0n) is 15.0. The van der Waals surface area contributed by atoms with Crippen molar-refractivity contribution in [2.24, 2.45) is 10.4 Å². The third-order valence-corrected chi connectivity index (χ3v) is 4.35. The normalized spacial score (nSPS) is 16.6. The molecule has 0 bridgehead atoms. The van der Waals surface area contributed by atoms with Crippen LogP contribution in [0.4, 0.5) is 0 Å². The summed E-state index contributed by atoms with van der Waals surface area (Å²) in [4.78, 5) is 17.6. The van der Waals surface area contributed by atoms with Gasteiger partial charge in [0.1, 0.15) is 6.54 Å². The molecular formula is C16H32N4O3. The average molecular weight is 328 g/mol. The van der Waals surface area contributed by atoms with Crippen molar-refractivity contribution in [3.05, 3.63) is 0 Å². The molecule has 0 saturated heterocycles. The van der Waals surface area contributed by atoms with Crippen LogP contribution in [0.2, 0.25) is 0 Å². The molecule has 0 aromatic rings. The monoisotopic (exact) mass is 328 g/mol. The summed E-state index contributed by atoms with van der Waals surface area (Å²) in [5.41, 5.74) is 0.297. The highest BCUT2D eigenvalue weighted by Crippen LogP contribution is 2.43. The lowest BCUT2D eigenvalue weighted by atomic mass is 9.67. The second-order valence-electron chi connectivity index (χ2n) is 6.32. The van der Waals surface area contributed by atoms with Gasteiger partial charge >= 0.3 is 0 Å². The van der Waals surface area contributed by atoms with Gasteiger partial charge in [0.2, 0.25) is 5.91 Å². The first-order valence-electron chi connectivity index (χ1n) is 8.23. The number of aliphatic imine (C=N–C) groups is 1. The maximum absolute atomic E-state index is 11.7. The predicted octanol–water partition coefficient (Wildman–Crippen LogP) is 0.463. The van der Waals surface area contributed by atoms with Gasteiger partial charge in [-0.3, -0.25) is 4.79 Å². The number of likely N-dealkylation sites (N-methyl/N-ethyl adjacent to an activating group) is 1. The number of guanidine groups is 1. The van der Waals surface area contributed by atoms with Crippen LogP contribution in [-0.4, -0.2) is 77.9 Å². The van der Waals surface area contributed by atoms with E-state index in [9.17, 15) is 4.79 Å². The van der Waals surface area contributed by atoms with E-state index in [0.29, 0.717) is 24.5 Å². The van der Waals surface area contributed by atoms with Crippen LogP contribution < -0.4 is 10.6 Å². The van der Waals surface area contributed by atoms with Gasteiger partial charge in [-0.05, 0) is 24.7 Å². The van der Waals surface area contributed by atoms with E-state index in [4.69, 9.17) is 9.47 Å². The van der Waals surface area contributed by atoms with Crippen LogP contribution in [0, 0.1) is 5.41 Å². The number of ether oxygens (including phenoxy) is 2. The molecule has 7 heteroatoms. The third-order valence-electron chi connectivity index (χ3n) is 4.35. The summed E-state index contributed by atoms with van der Waals surface area (Å²) < 4.78 is 10.3. The first-order valence-corrected chi connectivity index (χ1v) is 8.23. The molecule has 0 aliphatic heterocycles. The molecule has 0 atom stereocenters. The van der Waals surface area contributed by atoms with Crippen molar-refractivity contribution in [1.29, 1.82) is 0 Å². The molecule has 1 saturated carbocycles. The topological polar surface area (TPSA) is 75.2 Å². The van der Waals surface area contributed by atoms with E-state index in [1.54, 1.807) is 33.2 Å². The molecule has 23 heavy (non-hydrogen) atoms. The Morgan fingerprint density at radius 1 is 1.17 bits per heavy atom. The number of nitrogens with zero attached hydrogens (tertiary/aromatic N) is 2. The molecular weight excluding hydrogens is 296 g/mol. The van der Waals surface area contributed by atoms with Crippen LogP contribution in [0.25, 0.3) is 0 Å². The van der Waals surface area contributed by atoms with Gasteiger partial charge in [-0.25, -0.2) is 4.99 Å². The first-order chi connectivity index (χ1) is 11.0. The Morgan fingerprint density at radius 3 is 2.39 bits per heavy atom. The highest BCUT2D eigenvalue weighted by Gasteiger charge is 2.36. The number of hydrogen-bond acceptors (Lipinski definition) is 4. The Bertz CT molecular complexity index is 382. The second kappa shape index (κ2) is 10.4. The maximum Gasteiger partial charge on any atom is 0.243 e. The van der Waals surface area contributed by atoms with Crippen LogP contribution in [-0.2, 0) is 14.3 Å². The number of carbonyl (C=O) groups excluding carboxylic acids is 1. The van der Waals surface area contributed by atoms with Crippen LogP contribution in [0.1, 0.15) is 25.7 Å². The number of hydrogen-bond donors (Lipinski definition) is 2. The van der Waals surface area contributed by atoms with Gasteiger partial charge in [-0.2, -0.15) is 0 Å². The van der Waals surface area contributed by atoms with Crippen molar-refractivity contribution in [1.82, 2.24) is 15.5 Å². The molecule has 0 aromatic heterocycles. The fraction of sp³-hybridized carbons (Fsp3) is 0.875. The number of amides is 1. The third kappa shape index (κ3) is 7.18. The molecule has 1 aliphatic carbocycles. The van der Waals surface area contributed by atoms with Crippen LogP contribution in [0.3, 0.4) is 0 Å². The second-order valence-corrected chi connectivity index (χ2v) is 6.32. The number of rotatable bonds is 10. The Labute approximate surface area is 139 Å².